The predicted octanol–water partition coefficient (Wildman–Crippen LogP) is 2.46. The Balaban J connectivity index is 1.89. The number of carbonyl (C=O) groups excluding carboxylic acids is 1. The van der Waals surface area contributed by atoms with Crippen LogP contribution < -0.4 is 11.1 Å². The maximum absolute atomic E-state index is 13.8. The maximum Gasteiger partial charge on any atom is 0.417 e. The van der Waals surface area contributed by atoms with E-state index < -0.39 is 18.1 Å². The Morgan fingerprint density at radius 2 is 2.32 bits per heavy atom. The Morgan fingerprint density at radius 3 is 3.09 bits per heavy atom. The van der Waals surface area contributed by atoms with Crippen molar-refractivity contribution in [2.75, 3.05) is 11.9 Å². The Morgan fingerprint density at radius 1 is 1.50 bits per heavy atom. The summed E-state index contributed by atoms with van der Waals surface area (Å²) < 4.78 is 20.0. The van der Waals surface area contributed by atoms with E-state index in [1.165, 1.54) is 10.6 Å². The zero-order valence-electron chi connectivity index (χ0n) is 11.9. The molecule has 114 valence electrons. The van der Waals surface area contributed by atoms with Crippen LogP contribution in [0.25, 0.3) is 0 Å². The summed E-state index contributed by atoms with van der Waals surface area (Å²) in [7, 11) is 0. The highest BCUT2D eigenvalue weighted by Crippen LogP contribution is 2.30. The second-order valence-electron chi connectivity index (χ2n) is 4.77. The molecular weight excluding hydrogens is 287 g/mol. The van der Waals surface area contributed by atoms with Gasteiger partial charge in [-0.05, 0) is 25.1 Å². The molecule has 0 aliphatic carbocycles. The molecule has 0 amide bonds. The van der Waals surface area contributed by atoms with Crippen LogP contribution >= 0.6 is 0 Å². The van der Waals surface area contributed by atoms with Crippen LogP contribution in [0.2, 0.25) is 0 Å². The van der Waals surface area contributed by atoms with Crippen LogP contribution in [0.5, 0.6) is 0 Å². The minimum atomic E-state index is -0.482. The zero-order chi connectivity index (χ0) is 15.7. The number of anilines is 1. The fourth-order valence-electron chi connectivity index (χ4n) is 2.33. The number of aliphatic imine (C=N–C) groups is 1. The van der Waals surface area contributed by atoms with Crippen molar-refractivity contribution in [3.63, 3.8) is 0 Å². The number of carbonyl (C=O) groups is 1. The average Bonchev–Trinajstić information content (AvgIpc) is 2.97. The van der Waals surface area contributed by atoms with Gasteiger partial charge in [0.2, 0.25) is 0 Å². The van der Waals surface area contributed by atoms with Gasteiger partial charge in [-0.3, -0.25) is 4.57 Å². The normalized spacial score (nSPS) is 16.5. The molecule has 2 aromatic rings. The number of amidine groups is 1. The molecule has 3 rings (SSSR count). The highest BCUT2D eigenvalue weighted by atomic mass is 19.1. The van der Waals surface area contributed by atoms with Crippen molar-refractivity contribution in [2.45, 2.75) is 13.1 Å². The van der Waals surface area contributed by atoms with Crippen LogP contribution in [-0.4, -0.2) is 23.1 Å². The number of aromatic nitrogens is 1. The van der Waals surface area contributed by atoms with E-state index in [2.05, 4.69) is 10.3 Å². The van der Waals surface area contributed by atoms with E-state index in [9.17, 15) is 9.18 Å². The number of hydrogen-bond acceptors (Lipinski definition) is 5. The van der Waals surface area contributed by atoms with Gasteiger partial charge in [-0.25, -0.2) is 14.2 Å². The molecule has 1 atom stereocenters. The van der Waals surface area contributed by atoms with Crippen molar-refractivity contribution in [1.29, 1.82) is 0 Å². The molecule has 0 radical (unpaired) electrons. The molecule has 0 spiro atoms. The summed E-state index contributed by atoms with van der Waals surface area (Å²) in [6.07, 6.45) is 2.25. The Hall–Kier alpha value is -2.83. The monoisotopic (exact) mass is 302 g/mol. The Kier molecular flexibility index (Phi) is 3.54. The number of nitrogens with one attached hydrogen (secondary N) is 1. The standard InChI is InChI=1S/C15H15FN4O2/c1-2-22-15(21)20-7-6-9(8-20)14-18-11-5-3-4-10(16)12(11)13(17)19-14/h3-8,14,18H,2H2,1H3,(H2,17,19). The molecule has 0 bridgehead atoms. The van der Waals surface area contributed by atoms with Crippen LogP contribution in [0.3, 0.4) is 0 Å². The number of benzene rings is 1. The molecule has 3 N–H and O–H groups in total. The predicted molar refractivity (Wildman–Crippen MR) is 80.3 cm³/mol. The first-order valence-corrected chi connectivity index (χ1v) is 6.84. The first kappa shape index (κ1) is 14.1. The molecule has 6 nitrogen and oxygen atoms in total. The molecule has 7 heteroatoms. The van der Waals surface area contributed by atoms with Gasteiger partial charge in [-0.2, -0.15) is 0 Å². The summed E-state index contributed by atoms with van der Waals surface area (Å²) >= 11 is 0. The molecular formula is C15H15FN4O2. The fourth-order valence-corrected chi connectivity index (χ4v) is 2.33. The number of nitrogens with two attached hydrogens (primary N) is 1. The molecule has 0 fully saturated rings. The van der Waals surface area contributed by atoms with Crippen molar-refractivity contribution in [3.8, 4) is 0 Å². The summed E-state index contributed by atoms with van der Waals surface area (Å²) in [5, 5.41) is 3.10. The molecule has 0 saturated carbocycles. The number of fused-ring (bicyclic) bond motifs is 1. The van der Waals surface area contributed by atoms with Crippen molar-refractivity contribution in [3.05, 3.63) is 53.6 Å². The van der Waals surface area contributed by atoms with Crippen molar-refractivity contribution >= 4 is 17.6 Å². The summed E-state index contributed by atoms with van der Waals surface area (Å²) in [5.41, 5.74) is 7.43. The van der Waals surface area contributed by atoms with Crippen molar-refractivity contribution in [2.24, 2.45) is 10.7 Å². The highest BCUT2D eigenvalue weighted by Gasteiger charge is 2.23. The molecule has 2 heterocycles. The van der Waals surface area contributed by atoms with Gasteiger partial charge in [-0.15, -0.1) is 0 Å². The van der Waals surface area contributed by atoms with Gasteiger partial charge in [0.15, 0.2) is 0 Å². The minimum absolute atomic E-state index is 0.126. The lowest BCUT2D eigenvalue weighted by Gasteiger charge is -2.23. The fraction of sp³-hybridized carbons (Fsp3) is 0.200. The van der Waals surface area contributed by atoms with Gasteiger partial charge in [0.1, 0.15) is 17.8 Å². The summed E-state index contributed by atoms with van der Waals surface area (Å²) in [5.74, 6) is -0.297. The molecule has 1 unspecified atom stereocenters. The Labute approximate surface area is 126 Å². The van der Waals surface area contributed by atoms with E-state index in [1.54, 1.807) is 37.5 Å². The van der Waals surface area contributed by atoms with Gasteiger partial charge in [-0.1, -0.05) is 6.07 Å². The van der Waals surface area contributed by atoms with Gasteiger partial charge in [0.25, 0.3) is 0 Å². The highest BCUT2D eigenvalue weighted by molar-refractivity contribution is 6.04. The summed E-state index contributed by atoms with van der Waals surface area (Å²) in [6.45, 7) is 2.03. The SMILES string of the molecule is CCOC(=O)n1ccc(C2N=C(N)c3c(F)cccc3N2)c1. The van der Waals surface area contributed by atoms with E-state index in [0.29, 0.717) is 12.3 Å². The van der Waals surface area contributed by atoms with E-state index in [-0.39, 0.29) is 11.4 Å². The molecule has 1 aromatic heterocycles. The lowest BCUT2D eigenvalue weighted by Crippen LogP contribution is -2.26. The van der Waals surface area contributed by atoms with E-state index >= 15 is 0 Å². The van der Waals surface area contributed by atoms with Gasteiger partial charge in [0, 0.05) is 23.6 Å². The third-order valence-electron chi connectivity index (χ3n) is 3.34. The minimum Gasteiger partial charge on any atom is -0.449 e. The van der Waals surface area contributed by atoms with Crippen LogP contribution in [0.1, 0.15) is 24.2 Å². The second-order valence-corrected chi connectivity index (χ2v) is 4.77. The third-order valence-corrected chi connectivity index (χ3v) is 3.34. The molecule has 1 aliphatic heterocycles. The van der Waals surface area contributed by atoms with Gasteiger partial charge in [0.05, 0.1) is 12.2 Å². The second kappa shape index (κ2) is 5.51. The van der Waals surface area contributed by atoms with Crippen LogP contribution in [0.4, 0.5) is 14.9 Å². The average molecular weight is 302 g/mol. The van der Waals surface area contributed by atoms with E-state index in [4.69, 9.17) is 10.5 Å². The number of hydrogen-bond donors (Lipinski definition) is 2. The van der Waals surface area contributed by atoms with E-state index in [1.807, 2.05) is 0 Å². The molecule has 22 heavy (non-hydrogen) atoms. The van der Waals surface area contributed by atoms with Gasteiger partial charge >= 0.3 is 6.09 Å². The summed E-state index contributed by atoms with van der Waals surface area (Å²) in [4.78, 5) is 15.9. The quantitative estimate of drug-likeness (QED) is 0.893. The maximum atomic E-state index is 13.8. The molecule has 1 aromatic carbocycles. The largest absolute Gasteiger partial charge is 0.449 e. The van der Waals surface area contributed by atoms with E-state index in [0.717, 1.165) is 5.56 Å². The first-order chi connectivity index (χ1) is 10.6. The van der Waals surface area contributed by atoms with Crippen LogP contribution in [-0.2, 0) is 4.74 Å². The summed E-state index contributed by atoms with van der Waals surface area (Å²) in [6, 6.07) is 6.39. The third kappa shape index (κ3) is 2.41. The number of ether oxygens (including phenoxy) is 1. The number of rotatable bonds is 2. The first-order valence-electron chi connectivity index (χ1n) is 6.84. The molecule has 1 aliphatic rings. The Bertz CT molecular complexity index is 754. The molecule has 0 saturated heterocycles. The lowest BCUT2D eigenvalue weighted by molar-refractivity contribution is 0.154. The number of nitrogens with zero attached hydrogens (tertiary/aromatic N) is 2. The van der Waals surface area contributed by atoms with Crippen LogP contribution in [0.15, 0.2) is 41.7 Å². The van der Waals surface area contributed by atoms with Crippen LogP contribution in [0, 0.1) is 5.82 Å². The lowest BCUT2D eigenvalue weighted by atomic mass is 10.1. The zero-order valence-corrected chi connectivity index (χ0v) is 11.9. The van der Waals surface area contributed by atoms with Crippen molar-refractivity contribution < 1.29 is 13.9 Å². The number of halogens is 1. The topological polar surface area (TPSA) is 81.6 Å². The van der Waals surface area contributed by atoms with Crippen molar-refractivity contribution in [1.82, 2.24) is 4.57 Å². The smallest absolute Gasteiger partial charge is 0.417 e. The van der Waals surface area contributed by atoms with Gasteiger partial charge < -0.3 is 15.8 Å².